The molecule has 3 aliphatic carbocycles. The van der Waals surface area contributed by atoms with E-state index < -0.39 is 18.2 Å². The van der Waals surface area contributed by atoms with Crippen molar-refractivity contribution in [3.05, 3.63) is 34.4 Å². The molecule has 2 fully saturated rings. The molecule has 6 nitrogen and oxygen atoms in total. The highest BCUT2D eigenvalue weighted by molar-refractivity contribution is 5.94. The molecule has 0 saturated heterocycles. The molecule has 0 bridgehead atoms. The molecule has 156 valence electrons. The Bertz CT molecular complexity index is 906. The van der Waals surface area contributed by atoms with Gasteiger partial charge in [-0.3, -0.25) is 4.79 Å². The van der Waals surface area contributed by atoms with Gasteiger partial charge in [-0.1, -0.05) is 20.8 Å². The molecule has 1 aromatic rings. The third-order valence-corrected chi connectivity index (χ3v) is 7.36. The van der Waals surface area contributed by atoms with E-state index in [-0.39, 0.29) is 39.7 Å². The third-order valence-electron chi connectivity index (χ3n) is 7.36. The van der Waals surface area contributed by atoms with E-state index >= 15 is 0 Å². The van der Waals surface area contributed by atoms with Crippen LogP contribution < -0.4 is 0 Å². The van der Waals surface area contributed by atoms with Crippen LogP contribution in [0.25, 0.3) is 0 Å². The fourth-order valence-electron chi connectivity index (χ4n) is 6.17. The highest BCUT2D eigenvalue weighted by Crippen LogP contribution is 2.66. The number of aromatic hydroxyl groups is 2. The van der Waals surface area contributed by atoms with E-state index in [1.807, 2.05) is 0 Å². The molecule has 2 unspecified atom stereocenters. The summed E-state index contributed by atoms with van der Waals surface area (Å²) in [5.74, 6) is -0.901. The summed E-state index contributed by atoms with van der Waals surface area (Å²) >= 11 is 0. The van der Waals surface area contributed by atoms with E-state index in [0.717, 1.165) is 24.5 Å². The topological polar surface area (TPSA) is 104 Å². The van der Waals surface area contributed by atoms with Gasteiger partial charge in [0.15, 0.2) is 0 Å². The van der Waals surface area contributed by atoms with Crippen LogP contribution in [-0.2, 0) is 9.53 Å². The maximum absolute atomic E-state index is 12.7. The first-order valence-electron chi connectivity index (χ1n) is 10.1. The number of phenolic OH excluding ortho intramolecular Hbond substituents is 2. The summed E-state index contributed by atoms with van der Waals surface area (Å²) < 4.78 is 5.68. The van der Waals surface area contributed by atoms with Gasteiger partial charge in [0.25, 0.3) is 0 Å². The minimum atomic E-state index is -0.840. The average Bonchev–Trinajstić information content (AvgIpc) is 2.92. The molecule has 0 amide bonds. The Balaban J connectivity index is 1.65. The molecule has 2 saturated carbocycles. The molecular formula is C23H28O6. The molecule has 0 heterocycles. The first-order chi connectivity index (χ1) is 13.5. The van der Waals surface area contributed by atoms with Crippen LogP contribution >= 0.6 is 0 Å². The second-order valence-electron chi connectivity index (χ2n) is 9.95. The van der Waals surface area contributed by atoms with Crippen LogP contribution in [0.2, 0.25) is 0 Å². The number of hydrogen-bond donors (Lipinski definition) is 3. The molecule has 0 aromatic heterocycles. The number of rotatable bonds is 3. The highest BCUT2D eigenvalue weighted by atomic mass is 16.5. The zero-order valence-electron chi connectivity index (χ0n) is 17.2. The predicted octanol–water partition coefficient (Wildman–Crippen LogP) is 3.26. The van der Waals surface area contributed by atoms with Gasteiger partial charge in [-0.2, -0.15) is 0 Å². The summed E-state index contributed by atoms with van der Waals surface area (Å²) in [5, 5.41) is 30.5. The van der Waals surface area contributed by atoms with Crippen molar-refractivity contribution in [3.63, 3.8) is 0 Å². The molecule has 6 heteroatoms. The second-order valence-corrected chi connectivity index (χ2v) is 9.95. The lowest BCUT2D eigenvalue weighted by Gasteiger charge is -2.57. The van der Waals surface area contributed by atoms with Crippen molar-refractivity contribution < 1.29 is 29.6 Å². The summed E-state index contributed by atoms with van der Waals surface area (Å²) in [7, 11) is 0. The summed E-state index contributed by atoms with van der Waals surface area (Å²) in [4.78, 5) is 24.6. The van der Waals surface area contributed by atoms with Gasteiger partial charge in [-0.25, -0.2) is 4.79 Å². The predicted molar refractivity (Wildman–Crippen MR) is 106 cm³/mol. The van der Waals surface area contributed by atoms with Crippen molar-refractivity contribution in [1.82, 2.24) is 0 Å². The van der Waals surface area contributed by atoms with Crippen molar-refractivity contribution in [2.24, 2.45) is 22.7 Å². The molecule has 29 heavy (non-hydrogen) atoms. The van der Waals surface area contributed by atoms with Gasteiger partial charge in [0.1, 0.15) is 29.5 Å². The van der Waals surface area contributed by atoms with Crippen LogP contribution in [0.15, 0.2) is 23.3 Å². The number of carbonyl (C=O) groups excluding carboxylic acids is 2. The SMILES string of the molecule is Cc1cc(O)cc(O)c1C(=O)O[C@@H]1C[C@@]2(C)C1=C(C=O)[C@@H](O)C1CC(C)(C)CC12. The van der Waals surface area contributed by atoms with Gasteiger partial charge < -0.3 is 20.1 Å². The van der Waals surface area contributed by atoms with Gasteiger partial charge in [0.2, 0.25) is 0 Å². The Morgan fingerprint density at radius 2 is 1.86 bits per heavy atom. The fourth-order valence-corrected chi connectivity index (χ4v) is 6.17. The van der Waals surface area contributed by atoms with E-state index in [4.69, 9.17) is 4.74 Å². The number of aliphatic hydroxyl groups excluding tert-OH is 1. The minimum Gasteiger partial charge on any atom is -0.508 e. The number of aryl methyl sites for hydroxylation is 1. The van der Waals surface area contributed by atoms with Crippen LogP contribution in [0.1, 0.15) is 56.0 Å². The third kappa shape index (κ3) is 2.88. The Morgan fingerprint density at radius 1 is 1.17 bits per heavy atom. The maximum atomic E-state index is 12.7. The number of carbonyl (C=O) groups is 2. The molecule has 0 radical (unpaired) electrons. The van der Waals surface area contributed by atoms with Crippen molar-refractivity contribution in [3.8, 4) is 11.5 Å². The highest BCUT2D eigenvalue weighted by Gasteiger charge is 2.63. The number of phenols is 2. The summed E-state index contributed by atoms with van der Waals surface area (Å²) in [5.41, 5.74) is 1.30. The van der Waals surface area contributed by atoms with E-state index in [2.05, 4.69) is 20.8 Å². The Labute approximate surface area is 170 Å². The lowest BCUT2D eigenvalue weighted by Crippen LogP contribution is -2.56. The van der Waals surface area contributed by atoms with E-state index in [1.54, 1.807) is 6.92 Å². The maximum Gasteiger partial charge on any atom is 0.342 e. The molecule has 4 rings (SSSR count). The van der Waals surface area contributed by atoms with Crippen molar-refractivity contribution in [1.29, 1.82) is 0 Å². The van der Waals surface area contributed by atoms with Crippen molar-refractivity contribution in [2.75, 3.05) is 0 Å². The molecular weight excluding hydrogens is 372 g/mol. The van der Waals surface area contributed by atoms with Gasteiger partial charge >= 0.3 is 5.97 Å². The summed E-state index contributed by atoms with van der Waals surface area (Å²) in [6.45, 7) is 8.08. The molecule has 0 spiro atoms. The van der Waals surface area contributed by atoms with Gasteiger partial charge in [0, 0.05) is 11.6 Å². The van der Waals surface area contributed by atoms with E-state index in [1.165, 1.54) is 6.07 Å². The second kappa shape index (κ2) is 6.33. The lowest BCUT2D eigenvalue weighted by molar-refractivity contribution is -0.109. The number of benzene rings is 1. The number of aldehydes is 1. The van der Waals surface area contributed by atoms with Crippen LogP contribution in [0, 0.1) is 29.6 Å². The number of ether oxygens (including phenoxy) is 1. The Kier molecular flexibility index (Phi) is 4.35. The normalized spacial score (nSPS) is 34.8. The Morgan fingerprint density at radius 3 is 2.48 bits per heavy atom. The first-order valence-corrected chi connectivity index (χ1v) is 10.1. The number of esters is 1. The zero-order chi connectivity index (χ0) is 21.3. The molecule has 0 aliphatic heterocycles. The van der Waals surface area contributed by atoms with Crippen LogP contribution in [0.3, 0.4) is 0 Å². The van der Waals surface area contributed by atoms with Gasteiger partial charge in [0.05, 0.1) is 6.10 Å². The van der Waals surface area contributed by atoms with Crippen molar-refractivity contribution >= 4 is 12.3 Å². The average molecular weight is 400 g/mol. The monoisotopic (exact) mass is 400 g/mol. The molecule has 1 aromatic carbocycles. The standard InChI is InChI=1S/C23H28O6/c1-11-5-12(25)6-16(26)18(11)21(28)29-17-9-23(4)15-8-22(2,3)7-13(15)20(27)14(10-24)19(17)23/h5-6,10,13,15,17,20,25-27H,7-9H2,1-4H3/t13?,15?,17-,20+,23-/m1/s1. The van der Waals surface area contributed by atoms with Gasteiger partial charge in [-0.15, -0.1) is 0 Å². The smallest absolute Gasteiger partial charge is 0.342 e. The van der Waals surface area contributed by atoms with Gasteiger partial charge in [-0.05, 0) is 66.1 Å². The quantitative estimate of drug-likeness (QED) is 0.531. The molecule has 3 N–H and O–H groups in total. The van der Waals surface area contributed by atoms with E-state index in [9.17, 15) is 24.9 Å². The summed E-state index contributed by atoms with van der Waals surface area (Å²) in [6, 6.07) is 2.48. The fraction of sp³-hybridized carbons (Fsp3) is 0.565. The molecule has 5 atom stereocenters. The first kappa shape index (κ1) is 20.0. The number of fused-ring (bicyclic) bond motifs is 3. The number of aliphatic hydroxyl groups is 1. The van der Waals surface area contributed by atoms with Crippen LogP contribution in [0.4, 0.5) is 0 Å². The largest absolute Gasteiger partial charge is 0.508 e. The zero-order valence-corrected chi connectivity index (χ0v) is 17.2. The van der Waals surface area contributed by atoms with Crippen molar-refractivity contribution in [2.45, 2.75) is 59.2 Å². The van der Waals surface area contributed by atoms with Crippen LogP contribution in [-0.4, -0.2) is 39.8 Å². The summed E-state index contributed by atoms with van der Waals surface area (Å²) in [6.07, 6.45) is 1.69. The minimum absolute atomic E-state index is 0.000824. The van der Waals surface area contributed by atoms with E-state index in [0.29, 0.717) is 23.8 Å². The molecule has 3 aliphatic rings. The number of hydrogen-bond acceptors (Lipinski definition) is 6. The lowest BCUT2D eigenvalue weighted by atomic mass is 9.49. The Hall–Kier alpha value is -2.34. The van der Waals surface area contributed by atoms with Crippen LogP contribution in [0.5, 0.6) is 11.5 Å².